The van der Waals surface area contributed by atoms with E-state index in [-0.39, 0.29) is 28.0 Å². The molecular weight excluding hydrogens is 276 g/mol. The average molecular weight is 286 g/mol. The Balaban J connectivity index is 2.24. The number of carbonyl (C=O) groups is 2. The van der Waals surface area contributed by atoms with Crippen LogP contribution in [0.4, 0.5) is 0 Å². The first-order valence-electron chi connectivity index (χ1n) is 6.08. The van der Waals surface area contributed by atoms with Gasteiger partial charge in [-0.05, 0) is 18.2 Å². The van der Waals surface area contributed by atoms with Gasteiger partial charge in [0.05, 0.1) is 24.5 Å². The lowest BCUT2D eigenvalue weighted by Crippen LogP contribution is -2.06. The van der Waals surface area contributed by atoms with Crippen LogP contribution in [0.1, 0.15) is 21.5 Å². The summed E-state index contributed by atoms with van der Waals surface area (Å²) in [5.41, 5.74) is 0.557. The largest absolute Gasteiger partial charge is 0.507 e. The van der Waals surface area contributed by atoms with E-state index >= 15 is 0 Å². The third kappa shape index (κ3) is 2.16. The van der Waals surface area contributed by atoms with E-state index in [1.54, 1.807) is 6.07 Å². The van der Waals surface area contributed by atoms with E-state index in [1.165, 1.54) is 30.9 Å². The van der Waals surface area contributed by atoms with Crippen molar-refractivity contribution < 1.29 is 28.6 Å². The van der Waals surface area contributed by atoms with Crippen molar-refractivity contribution in [3.05, 3.63) is 53.7 Å². The summed E-state index contributed by atoms with van der Waals surface area (Å²) < 4.78 is 10.1. The van der Waals surface area contributed by atoms with Gasteiger partial charge in [0.25, 0.3) is 0 Å². The summed E-state index contributed by atoms with van der Waals surface area (Å²) in [7, 11) is 0. The lowest BCUT2D eigenvalue weighted by molar-refractivity contribution is -0.136. The average Bonchev–Trinajstić information content (AvgIpc) is 3.08. The van der Waals surface area contributed by atoms with Crippen molar-refractivity contribution in [3.63, 3.8) is 0 Å². The Morgan fingerprint density at radius 1 is 1.19 bits per heavy atom. The van der Waals surface area contributed by atoms with Crippen molar-refractivity contribution in [1.29, 1.82) is 0 Å². The summed E-state index contributed by atoms with van der Waals surface area (Å²) in [4.78, 5) is 23.3. The molecule has 0 saturated carbocycles. The highest BCUT2D eigenvalue weighted by molar-refractivity contribution is 6.17. The molecule has 0 aliphatic carbocycles. The molecule has 0 amide bonds. The van der Waals surface area contributed by atoms with E-state index in [4.69, 9.17) is 13.9 Å². The van der Waals surface area contributed by atoms with Crippen LogP contribution in [0.15, 0.2) is 45.8 Å². The highest BCUT2D eigenvalue weighted by Crippen LogP contribution is 2.34. The van der Waals surface area contributed by atoms with E-state index < -0.39 is 18.2 Å². The molecule has 0 spiro atoms. The van der Waals surface area contributed by atoms with Crippen LogP contribution in [0.25, 0.3) is 11.0 Å². The standard InChI is InChI=1S/C15H10O6/c16-11(17)6-10-5-8-2-4-21-15(8)12(14(10)19)13(18)9-1-3-20-7-9/h1-5,7,19H,6H2,(H,16,17). The number of carboxylic acid groups (broad SMARTS) is 1. The van der Waals surface area contributed by atoms with Gasteiger partial charge in [-0.25, -0.2) is 0 Å². The van der Waals surface area contributed by atoms with Gasteiger partial charge < -0.3 is 19.0 Å². The summed E-state index contributed by atoms with van der Waals surface area (Å²) in [5.74, 6) is -1.98. The smallest absolute Gasteiger partial charge is 0.307 e. The zero-order valence-electron chi connectivity index (χ0n) is 10.7. The van der Waals surface area contributed by atoms with Crippen LogP contribution in [-0.4, -0.2) is 22.0 Å². The van der Waals surface area contributed by atoms with Crippen LogP contribution < -0.4 is 0 Å². The van der Waals surface area contributed by atoms with Crippen molar-refractivity contribution >= 4 is 22.7 Å². The van der Waals surface area contributed by atoms with Crippen LogP contribution >= 0.6 is 0 Å². The number of phenolic OH excluding ortho intramolecular Hbond substituents is 1. The number of aliphatic carboxylic acids is 1. The van der Waals surface area contributed by atoms with Crippen molar-refractivity contribution in [3.8, 4) is 5.75 Å². The molecule has 0 atom stereocenters. The maximum atomic E-state index is 12.5. The predicted molar refractivity (Wildman–Crippen MR) is 71.4 cm³/mol. The Hall–Kier alpha value is -3.02. The monoisotopic (exact) mass is 286 g/mol. The topological polar surface area (TPSA) is 101 Å². The number of hydrogen-bond acceptors (Lipinski definition) is 5. The van der Waals surface area contributed by atoms with E-state index in [0.29, 0.717) is 5.39 Å². The van der Waals surface area contributed by atoms with Gasteiger partial charge in [-0.15, -0.1) is 0 Å². The Bertz CT molecular complexity index is 825. The molecule has 0 unspecified atom stereocenters. The highest BCUT2D eigenvalue weighted by Gasteiger charge is 2.24. The second-order valence-electron chi connectivity index (χ2n) is 4.51. The number of ketones is 1. The SMILES string of the molecule is O=C(O)Cc1cc2ccoc2c(C(=O)c2ccoc2)c1O. The number of carbonyl (C=O) groups excluding carboxylic acids is 1. The van der Waals surface area contributed by atoms with Crippen LogP contribution in [0.3, 0.4) is 0 Å². The summed E-state index contributed by atoms with van der Waals surface area (Å²) in [6, 6.07) is 4.56. The lowest BCUT2D eigenvalue weighted by atomic mass is 9.97. The molecule has 0 aliphatic rings. The number of aromatic hydroxyl groups is 1. The molecule has 0 saturated heterocycles. The number of fused-ring (bicyclic) bond motifs is 1. The van der Waals surface area contributed by atoms with E-state index in [9.17, 15) is 14.7 Å². The second kappa shape index (κ2) is 4.82. The molecule has 6 nitrogen and oxygen atoms in total. The Morgan fingerprint density at radius 2 is 2.00 bits per heavy atom. The van der Waals surface area contributed by atoms with Gasteiger partial charge >= 0.3 is 5.97 Å². The zero-order valence-corrected chi connectivity index (χ0v) is 10.7. The fraction of sp³-hybridized carbons (Fsp3) is 0.0667. The van der Waals surface area contributed by atoms with Gasteiger partial charge in [0, 0.05) is 10.9 Å². The molecule has 21 heavy (non-hydrogen) atoms. The predicted octanol–water partition coefficient (Wildman–Crippen LogP) is 2.59. The van der Waals surface area contributed by atoms with Gasteiger partial charge in [0.15, 0.2) is 0 Å². The number of benzene rings is 1. The number of furan rings is 2. The molecule has 0 bridgehead atoms. The van der Waals surface area contributed by atoms with Crippen molar-refractivity contribution in [2.75, 3.05) is 0 Å². The molecule has 0 radical (unpaired) electrons. The zero-order chi connectivity index (χ0) is 15.0. The lowest BCUT2D eigenvalue weighted by Gasteiger charge is -2.08. The van der Waals surface area contributed by atoms with Crippen LogP contribution in [-0.2, 0) is 11.2 Å². The van der Waals surface area contributed by atoms with Gasteiger partial charge in [-0.1, -0.05) is 0 Å². The Morgan fingerprint density at radius 3 is 2.67 bits per heavy atom. The minimum absolute atomic E-state index is 0.0600. The number of rotatable bonds is 4. The molecule has 6 heteroatoms. The van der Waals surface area contributed by atoms with Crippen molar-refractivity contribution in [2.45, 2.75) is 6.42 Å². The normalized spacial score (nSPS) is 10.9. The molecule has 2 heterocycles. The summed E-state index contributed by atoms with van der Waals surface area (Å²) in [5, 5.41) is 19.7. The van der Waals surface area contributed by atoms with Crippen molar-refractivity contribution in [1.82, 2.24) is 0 Å². The first kappa shape index (κ1) is 13.0. The molecule has 0 fully saturated rings. The van der Waals surface area contributed by atoms with Gasteiger partial charge in [0.1, 0.15) is 23.2 Å². The Kier molecular flexibility index (Phi) is 2.98. The first-order valence-corrected chi connectivity index (χ1v) is 6.08. The minimum atomic E-state index is -1.10. The molecule has 106 valence electrons. The van der Waals surface area contributed by atoms with Crippen LogP contribution in [0.5, 0.6) is 5.75 Å². The first-order chi connectivity index (χ1) is 10.1. The minimum Gasteiger partial charge on any atom is -0.507 e. The quantitative estimate of drug-likeness (QED) is 0.715. The molecule has 1 aromatic carbocycles. The maximum Gasteiger partial charge on any atom is 0.307 e. The van der Waals surface area contributed by atoms with Crippen molar-refractivity contribution in [2.24, 2.45) is 0 Å². The van der Waals surface area contributed by atoms with Crippen LogP contribution in [0, 0.1) is 0 Å². The van der Waals surface area contributed by atoms with Gasteiger partial charge in [0.2, 0.25) is 5.78 Å². The molecule has 3 rings (SSSR count). The summed E-state index contributed by atoms with van der Waals surface area (Å²) in [6.07, 6.45) is 3.57. The fourth-order valence-corrected chi connectivity index (χ4v) is 2.21. The third-order valence-electron chi connectivity index (χ3n) is 3.15. The number of hydrogen-bond donors (Lipinski definition) is 2. The molecule has 3 aromatic rings. The number of carboxylic acids is 1. The summed E-state index contributed by atoms with van der Waals surface area (Å²) in [6.45, 7) is 0. The van der Waals surface area contributed by atoms with Gasteiger partial charge in [-0.3, -0.25) is 9.59 Å². The molecule has 2 N–H and O–H groups in total. The summed E-state index contributed by atoms with van der Waals surface area (Å²) >= 11 is 0. The van der Waals surface area contributed by atoms with Gasteiger partial charge in [-0.2, -0.15) is 0 Å². The van der Waals surface area contributed by atoms with Crippen LogP contribution in [0.2, 0.25) is 0 Å². The highest BCUT2D eigenvalue weighted by atomic mass is 16.4. The second-order valence-corrected chi connectivity index (χ2v) is 4.51. The molecule has 0 aliphatic heterocycles. The molecular formula is C15H10O6. The fourth-order valence-electron chi connectivity index (χ4n) is 2.21. The maximum absolute atomic E-state index is 12.5. The van der Waals surface area contributed by atoms with E-state index in [1.807, 2.05) is 0 Å². The number of phenols is 1. The van der Waals surface area contributed by atoms with E-state index in [2.05, 4.69) is 0 Å². The molecule has 2 aromatic heterocycles. The Labute approximate surface area is 118 Å². The third-order valence-corrected chi connectivity index (χ3v) is 3.15. The van der Waals surface area contributed by atoms with E-state index in [0.717, 1.165) is 0 Å².